The predicted octanol–water partition coefficient (Wildman–Crippen LogP) is 2.03. The first kappa shape index (κ1) is 23.6. The first-order valence-electron chi connectivity index (χ1n) is 11.1. The molecule has 1 aromatic carbocycles. The van der Waals surface area contributed by atoms with E-state index in [1.807, 2.05) is 4.90 Å². The van der Waals surface area contributed by atoms with Crippen molar-refractivity contribution in [2.24, 2.45) is 5.92 Å². The average molecular weight is 472 g/mol. The number of ether oxygens (including phenoxy) is 1. The second-order valence-electron chi connectivity index (χ2n) is 8.63. The zero-order valence-electron chi connectivity index (χ0n) is 19.0. The number of benzene rings is 1. The molecule has 0 radical (unpaired) electrons. The maximum absolute atomic E-state index is 13.9. The molecule has 2 aliphatic heterocycles. The van der Waals surface area contributed by atoms with Crippen LogP contribution in [-0.2, 0) is 19.9 Å². The topological polar surface area (TPSA) is 91.8 Å². The van der Waals surface area contributed by atoms with Gasteiger partial charge in [0, 0.05) is 56.1 Å². The summed E-state index contributed by atoms with van der Waals surface area (Å²) >= 11 is 0. The van der Waals surface area contributed by atoms with E-state index >= 15 is 0 Å². The first-order chi connectivity index (χ1) is 16.2. The van der Waals surface area contributed by atoms with Crippen LogP contribution < -0.4 is 15.0 Å². The van der Waals surface area contributed by atoms with Crippen LogP contribution in [0.25, 0.3) is 0 Å². The molecule has 1 aromatic heterocycles. The Balaban J connectivity index is 1.44. The molecule has 10 heteroatoms. The van der Waals surface area contributed by atoms with Crippen molar-refractivity contribution in [1.29, 1.82) is 0 Å². The molecule has 180 valence electrons. The Kier molecular flexibility index (Phi) is 6.49. The van der Waals surface area contributed by atoms with Crippen LogP contribution in [0.2, 0.25) is 0 Å². The minimum atomic E-state index is -1.32. The van der Waals surface area contributed by atoms with Crippen molar-refractivity contribution in [3.63, 3.8) is 0 Å². The maximum atomic E-state index is 13.9. The Morgan fingerprint density at radius 2 is 1.94 bits per heavy atom. The molecule has 2 aromatic rings. The number of rotatable bonds is 6. The number of carbonyl (C=O) groups is 3. The van der Waals surface area contributed by atoms with Gasteiger partial charge in [-0.25, -0.2) is 4.39 Å². The summed E-state index contributed by atoms with van der Waals surface area (Å²) in [5, 5.41) is 2.76. The van der Waals surface area contributed by atoms with E-state index in [0.29, 0.717) is 37.6 Å². The number of hydrogen-bond acceptors (Lipinski definition) is 6. The van der Waals surface area contributed by atoms with Crippen molar-refractivity contribution in [2.75, 3.05) is 38.2 Å². The summed E-state index contributed by atoms with van der Waals surface area (Å²) in [6, 6.07) is 7.68. The van der Waals surface area contributed by atoms with Gasteiger partial charge in [-0.3, -0.25) is 19.4 Å². The van der Waals surface area contributed by atoms with Gasteiger partial charge in [-0.05, 0) is 18.6 Å². The van der Waals surface area contributed by atoms with Gasteiger partial charge in [-0.15, -0.1) is 0 Å². The molecule has 0 saturated carbocycles. The SMILES string of the molecule is COc1cc(N2CCN(C(=O)[C@@H](C)C[C@@]3(c4ccccn4)NC(=O)CC3=O)CC2)cc(F)c1F. The van der Waals surface area contributed by atoms with E-state index in [2.05, 4.69) is 10.3 Å². The van der Waals surface area contributed by atoms with E-state index in [4.69, 9.17) is 4.74 Å². The number of amides is 2. The fourth-order valence-electron chi connectivity index (χ4n) is 4.66. The Bertz CT molecular complexity index is 1110. The molecule has 8 nitrogen and oxygen atoms in total. The quantitative estimate of drug-likeness (QED) is 0.647. The van der Waals surface area contributed by atoms with Gasteiger partial charge in [0.15, 0.2) is 17.3 Å². The van der Waals surface area contributed by atoms with E-state index in [1.165, 1.54) is 13.2 Å². The summed E-state index contributed by atoms with van der Waals surface area (Å²) < 4.78 is 32.6. The van der Waals surface area contributed by atoms with Crippen LogP contribution in [0.4, 0.5) is 14.5 Å². The number of hydrogen-bond donors (Lipinski definition) is 1. The van der Waals surface area contributed by atoms with Crippen molar-refractivity contribution in [3.05, 3.63) is 53.9 Å². The Morgan fingerprint density at radius 3 is 2.53 bits per heavy atom. The summed E-state index contributed by atoms with van der Waals surface area (Å²) in [4.78, 5) is 45.9. The molecule has 2 saturated heterocycles. The zero-order chi connectivity index (χ0) is 24.5. The lowest BCUT2D eigenvalue weighted by Crippen LogP contribution is -2.52. The molecule has 0 aliphatic carbocycles. The van der Waals surface area contributed by atoms with E-state index in [1.54, 1.807) is 36.2 Å². The molecule has 2 fully saturated rings. The molecular weight excluding hydrogens is 446 g/mol. The molecule has 0 unspecified atom stereocenters. The van der Waals surface area contributed by atoms with Crippen LogP contribution >= 0.6 is 0 Å². The van der Waals surface area contributed by atoms with Crippen molar-refractivity contribution in [2.45, 2.75) is 25.3 Å². The highest BCUT2D eigenvalue weighted by molar-refractivity contribution is 6.10. The second-order valence-corrected chi connectivity index (χ2v) is 8.63. The minimum Gasteiger partial charge on any atom is -0.493 e. The maximum Gasteiger partial charge on any atom is 0.228 e. The fraction of sp³-hybridized carbons (Fsp3) is 0.417. The number of nitrogens with one attached hydrogen (secondary N) is 1. The van der Waals surface area contributed by atoms with Crippen LogP contribution in [0.5, 0.6) is 5.75 Å². The molecule has 0 bridgehead atoms. The van der Waals surface area contributed by atoms with Gasteiger partial charge in [0.1, 0.15) is 5.54 Å². The van der Waals surface area contributed by atoms with E-state index in [0.717, 1.165) is 6.07 Å². The summed E-state index contributed by atoms with van der Waals surface area (Å²) in [7, 11) is 1.27. The Morgan fingerprint density at radius 1 is 1.21 bits per heavy atom. The van der Waals surface area contributed by atoms with Crippen LogP contribution in [0.15, 0.2) is 36.5 Å². The third-order valence-electron chi connectivity index (χ3n) is 6.44. The van der Waals surface area contributed by atoms with Crippen molar-refractivity contribution in [3.8, 4) is 5.75 Å². The van der Waals surface area contributed by atoms with Gasteiger partial charge in [-0.2, -0.15) is 4.39 Å². The molecule has 34 heavy (non-hydrogen) atoms. The van der Waals surface area contributed by atoms with E-state index in [9.17, 15) is 23.2 Å². The number of aromatic nitrogens is 1. The zero-order valence-corrected chi connectivity index (χ0v) is 19.0. The largest absolute Gasteiger partial charge is 0.493 e. The van der Waals surface area contributed by atoms with Gasteiger partial charge < -0.3 is 19.9 Å². The van der Waals surface area contributed by atoms with Crippen molar-refractivity contribution < 1.29 is 27.9 Å². The molecule has 0 spiro atoms. The van der Waals surface area contributed by atoms with Crippen LogP contribution in [0.3, 0.4) is 0 Å². The molecule has 2 atom stereocenters. The highest BCUT2D eigenvalue weighted by atomic mass is 19.2. The van der Waals surface area contributed by atoms with Gasteiger partial charge in [0.05, 0.1) is 19.2 Å². The number of halogens is 2. The molecule has 3 heterocycles. The number of pyridine rings is 1. The summed E-state index contributed by atoms with van der Waals surface area (Å²) in [5.74, 6) is -3.59. The smallest absolute Gasteiger partial charge is 0.228 e. The molecule has 1 N–H and O–H groups in total. The van der Waals surface area contributed by atoms with Gasteiger partial charge in [0.25, 0.3) is 0 Å². The highest BCUT2D eigenvalue weighted by Crippen LogP contribution is 2.34. The number of ketones is 1. The summed E-state index contributed by atoms with van der Waals surface area (Å²) in [5.41, 5.74) is -0.427. The lowest BCUT2D eigenvalue weighted by atomic mass is 9.82. The predicted molar refractivity (Wildman–Crippen MR) is 119 cm³/mol. The van der Waals surface area contributed by atoms with Gasteiger partial charge in [-0.1, -0.05) is 13.0 Å². The summed E-state index contributed by atoms with van der Waals surface area (Å²) in [6.45, 7) is 3.33. The monoisotopic (exact) mass is 472 g/mol. The second kappa shape index (κ2) is 9.36. The lowest BCUT2D eigenvalue weighted by Gasteiger charge is -2.38. The summed E-state index contributed by atoms with van der Waals surface area (Å²) in [6.07, 6.45) is 1.41. The number of methoxy groups -OCH3 is 1. The van der Waals surface area contributed by atoms with Crippen LogP contribution in [-0.4, -0.2) is 60.8 Å². The van der Waals surface area contributed by atoms with E-state index < -0.39 is 23.1 Å². The lowest BCUT2D eigenvalue weighted by molar-refractivity contribution is -0.137. The van der Waals surface area contributed by atoms with Gasteiger partial charge >= 0.3 is 0 Å². The molecular formula is C24H26F2N4O4. The molecule has 2 amide bonds. The number of anilines is 1. The molecule has 2 aliphatic rings. The third kappa shape index (κ3) is 4.32. The normalized spacial score (nSPS) is 21.4. The van der Waals surface area contributed by atoms with Crippen molar-refractivity contribution >= 4 is 23.3 Å². The Hall–Kier alpha value is -3.56. The van der Waals surface area contributed by atoms with Gasteiger partial charge in [0.2, 0.25) is 17.6 Å². The van der Waals surface area contributed by atoms with Crippen LogP contribution in [0, 0.1) is 17.6 Å². The number of piperazine rings is 1. The Labute approximate surface area is 195 Å². The van der Waals surface area contributed by atoms with Crippen molar-refractivity contribution in [1.82, 2.24) is 15.2 Å². The number of Topliss-reactive ketones (excluding diaryl/α,β-unsaturated/α-hetero) is 1. The first-order valence-corrected chi connectivity index (χ1v) is 11.1. The number of carbonyl (C=O) groups excluding carboxylic acids is 3. The van der Waals surface area contributed by atoms with Crippen LogP contribution in [0.1, 0.15) is 25.5 Å². The highest BCUT2D eigenvalue weighted by Gasteiger charge is 2.50. The van der Waals surface area contributed by atoms with E-state index in [-0.39, 0.29) is 36.2 Å². The fourth-order valence-corrected chi connectivity index (χ4v) is 4.66. The average Bonchev–Trinajstić information content (AvgIpc) is 3.14. The standard InChI is InChI=1S/C24H26F2N4O4/c1-15(14-24(19-5-3-4-6-27-19)20(31)13-21(32)28-24)23(33)30-9-7-29(8-10-30)16-11-17(25)22(26)18(12-16)34-2/h3-6,11-12,15H,7-10,13-14H2,1-2H3,(H,28,32)/t15-,24-/m0/s1. The molecule has 4 rings (SSSR count). The number of nitrogens with zero attached hydrogens (tertiary/aromatic N) is 3. The third-order valence-corrected chi connectivity index (χ3v) is 6.44. The minimum absolute atomic E-state index is 0.105.